The Hall–Kier alpha value is -1.79. The van der Waals surface area contributed by atoms with Gasteiger partial charge in [-0.05, 0) is 37.3 Å². The quantitative estimate of drug-likeness (QED) is 0.878. The van der Waals surface area contributed by atoms with Crippen LogP contribution < -0.4 is 5.32 Å². The fraction of sp³-hybridized carbons (Fsp3) is 0.611. The van der Waals surface area contributed by atoms with Gasteiger partial charge in [-0.3, -0.25) is 9.88 Å². The number of likely N-dealkylation sites (tertiary alicyclic amines) is 1. The second-order valence-corrected chi connectivity index (χ2v) is 7.13. The third kappa shape index (κ3) is 3.82. The van der Waals surface area contributed by atoms with E-state index in [4.69, 9.17) is 4.52 Å². The molecule has 4 rings (SSSR count). The third-order valence-electron chi connectivity index (χ3n) is 5.04. The Kier molecular flexibility index (Phi) is 4.58. The molecule has 0 aromatic carbocycles. The Morgan fingerprint density at radius 3 is 2.96 bits per heavy atom. The summed E-state index contributed by atoms with van der Waals surface area (Å²) in [6.07, 6.45) is 5.42. The molecular weight excluding hydrogens is 302 g/mol. The van der Waals surface area contributed by atoms with Gasteiger partial charge >= 0.3 is 0 Å². The van der Waals surface area contributed by atoms with Gasteiger partial charge in [0.15, 0.2) is 5.82 Å². The molecule has 1 aliphatic heterocycles. The topological polar surface area (TPSA) is 67.1 Å². The van der Waals surface area contributed by atoms with Crippen LogP contribution in [-0.4, -0.2) is 39.2 Å². The summed E-state index contributed by atoms with van der Waals surface area (Å²) in [4.78, 5) is 11.4. The van der Waals surface area contributed by atoms with Crippen LogP contribution in [0.2, 0.25) is 0 Å². The summed E-state index contributed by atoms with van der Waals surface area (Å²) in [7, 11) is 0. The molecule has 2 aromatic rings. The molecule has 1 saturated heterocycles. The first-order valence-electron chi connectivity index (χ1n) is 8.96. The molecule has 3 heterocycles. The fourth-order valence-electron chi connectivity index (χ4n) is 3.47. The van der Waals surface area contributed by atoms with Gasteiger partial charge in [0.05, 0.1) is 12.2 Å². The molecule has 0 radical (unpaired) electrons. The summed E-state index contributed by atoms with van der Waals surface area (Å²) in [5.41, 5.74) is 1.15. The van der Waals surface area contributed by atoms with Crippen molar-refractivity contribution in [2.24, 2.45) is 5.92 Å². The summed E-state index contributed by atoms with van der Waals surface area (Å²) >= 11 is 0. The van der Waals surface area contributed by atoms with Crippen molar-refractivity contribution in [2.75, 3.05) is 13.1 Å². The van der Waals surface area contributed by atoms with Gasteiger partial charge in [-0.1, -0.05) is 18.1 Å². The first-order valence-corrected chi connectivity index (χ1v) is 8.96. The van der Waals surface area contributed by atoms with E-state index in [0.717, 1.165) is 43.5 Å². The van der Waals surface area contributed by atoms with Crippen LogP contribution in [0.15, 0.2) is 28.9 Å². The number of rotatable bonds is 6. The van der Waals surface area contributed by atoms with Gasteiger partial charge < -0.3 is 9.84 Å². The van der Waals surface area contributed by atoms with Crippen molar-refractivity contribution in [3.63, 3.8) is 0 Å². The van der Waals surface area contributed by atoms with E-state index in [1.807, 2.05) is 12.3 Å². The maximum absolute atomic E-state index is 5.35. The van der Waals surface area contributed by atoms with Crippen LogP contribution in [0.1, 0.15) is 49.5 Å². The Morgan fingerprint density at radius 2 is 2.21 bits per heavy atom. The van der Waals surface area contributed by atoms with Gasteiger partial charge in [0.2, 0.25) is 5.89 Å². The van der Waals surface area contributed by atoms with E-state index in [1.54, 1.807) is 0 Å². The van der Waals surface area contributed by atoms with E-state index < -0.39 is 0 Å². The van der Waals surface area contributed by atoms with Crippen molar-refractivity contribution in [1.82, 2.24) is 25.3 Å². The van der Waals surface area contributed by atoms with Crippen LogP contribution in [0, 0.1) is 5.92 Å². The average molecular weight is 327 g/mol. The van der Waals surface area contributed by atoms with Crippen LogP contribution in [0.5, 0.6) is 0 Å². The van der Waals surface area contributed by atoms with E-state index in [-0.39, 0.29) is 0 Å². The molecular formula is C18H25N5O. The van der Waals surface area contributed by atoms with Crippen molar-refractivity contribution in [3.8, 4) is 0 Å². The minimum atomic E-state index is 0.501. The zero-order valence-corrected chi connectivity index (χ0v) is 14.2. The summed E-state index contributed by atoms with van der Waals surface area (Å²) in [6.45, 7) is 6.11. The largest absolute Gasteiger partial charge is 0.338 e. The molecule has 0 unspecified atom stereocenters. The SMILES string of the molecule is C[C@@H]1CN(Cc2ccccn2)CC[C@@H]1NCc1nc(C2CC2)no1. The minimum absolute atomic E-state index is 0.501. The molecule has 2 aliphatic rings. The number of hydrogen-bond acceptors (Lipinski definition) is 6. The molecule has 24 heavy (non-hydrogen) atoms. The number of piperidine rings is 1. The highest BCUT2D eigenvalue weighted by Crippen LogP contribution is 2.38. The van der Waals surface area contributed by atoms with Crippen LogP contribution in [-0.2, 0) is 13.1 Å². The minimum Gasteiger partial charge on any atom is -0.338 e. The number of nitrogens with zero attached hydrogens (tertiary/aromatic N) is 4. The van der Waals surface area contributed by atoms with Crippen LogP contribution in [0.3, 0.4) is 0 Å². The molecule has 2 atom stereocenters. The van der Waals surface area contributed by atoms with E-state index in [9.17, 15) is 0 Å². The van der Waals surface area contributed by atoms with Gasteiger partial charge in [0, 0.05) is 37.8 Å². The molecule has 128 valence electrons. The maximum Gasteiger partial charge on any atom is 0.240 e. The number of hydrogen-bond donors (Lipinski definition) is 1. The smallest absolute Gasteiger partial charge is 0.240 e. The van der Waals surface area contributed by atoms with Crippen molar-refractivity contribution >= 4 is 0 Å². The lowest BCUT2D eigenvalue weighted by Crippen LogP contribution is -2.47. The van der Waals surface area contributed by atoms with Crippen molar-refractivity contribution in [3.05, 3.63) is 41.8 Å². The van der Waals surface area contributed by atoms with Crippen molar-refractivity contribution in [2.45, 2.75) is 51.2 Å². The van der Waals surface area contributed by atoms with Crippen molar-refractivity contribution < 1.29 is 4.52 Å². The van der Waals surface area contributed by atoms with Gasteiger partial charge in [-0.15, -0.1) is 0 Å². The lowest BCUT2D eigenvalue weighted by atomic mass is 9.93. The van der Waals surface area contributed by atoms with Crippen molar-refractivity contribution in [1.29, 1.82) is 0 Å². The zero-order chi connectivity index (χ0) is 16.4. The van der Waals surface area contributed by atoms with Gasteiger partial charge in [-0.2, -0.15) is 4.98 Å². The molecule has 6 heteroatoms. The van der Waals surface area contributed by atoms with Crippen LogP contribution in [0.25, 0.3) is 0 Å². The predicted molar refractivity (Wildman–Crippen MR) is 90.2 cm³/mol. The second-order valence-electron chi connectivity index (χ2n) is 7.13. The van der Waals surface area contributed by atoms with Gasteiger partial charge in [0.1, 0.15) is 0 Å². The summed E-state index contributed by atoms with van der Waals surface area (Å²) in [6, 6.07) is 6.62. The Morgan fingerprint density at radius 1 is 1.29 bits per heavy atom. The van der Waals surface area contributed by atoms with E-state index in [2.05, 4.69) is 44.4 Å². The van der Waals surface area contributed by atoms with E-state index >= 15 is 0 Å². The van der Waals surface area contributed by atoms with Crippen LogP contribution in [0.4, 0.5) is 0 Å². The lowest BCUT2D eigenvalue weighted by molar-refractivity contribution is 0.137. The molecule has 0 bridgehead atoms. The Labute approximate surface area is 142 Å². The number of nitrogens with one attached hydrogen (secondary N) is 1. The molecule has 1 saturated carbocycles. The highest BCUT2D eigenvalue weighted by atomic mass is 16.5. The van der Waals surface area contributed by atoms with Gasteiger partial charge in [-0.25, -0.2) is 0 Å². The molecule has 2 fully saturated rings. The first kappa shape index (κ1) is 15.7. The monoisotopic (exact) mass is 327 g/mol. The zero-order valence-electron chi connectivity index (χ0n) is 14.2. The molecule has 0 spiro atoms. The molecule has 1 aliphatic carbocycles. The summed E-state index contributed by atoms with van der Waals surface area (Å²) < 4.78 is 5.35. The second kappa shape index (κ2) is 6.99. The number of aromatic nitrogens is 3. The first-order chi connectivity index (χ1) is 11.8. The van der Waals surface area contributed by atoms with E-state index in [1.165, 1.54) is 12.8 Å². The average Bonchev–Trinajstić information content (AvgIpc) is 3.34. The maximum atomic E-state index is 5.35. The highest BCUT2D eigenvalue weighted by Gasteiger charge is 2.29. The Balaban J connectivity index is 1.25. The lowest BCUT2D eigenvalue weighted by Gasteiger charge is -2.37. The highest BCUT2D eigenvalue weighted by molar-refractivity contribution is 5.04. The third-order valence-corrected chi connectivity index (χ3v) is 5.04. The van der Waals surface area contributed by atoms with E-state index in [0.29, 0.717) is 24.4 Å². The predicted octanol–water partition coefficient (Wildman–Crippen LogP) is 2.34. The number of pyridine rings is 1. The van der Waals surface area contributed by atoms with Crippen LogP contribution >= 0.6 is 0 Å². The summed E-state index contributed by atoms with van der Waals surface area (Å²) in [5, 5.41) is 7.68. The fourth-order valence-corrected chi connectivity index (χ4v) is 3.47. The standard InChI is InChI=1S/C18H25N5O/c1-13-11-23(12-15-4-2-3-8-19-15)9-7-16(13)20-10-17-21-18(22-24-17)14-5-6-14/h2-4,8,13-14,16,20H,5-7,9-12H2,1H3/t13-,16+/m1/s1. The van der Waals surface area contributed by atoms with Gasteiger partial charge in [0.25, 0.3) is 0 Å². The molecule has 6 nitrogen and oxygen atoms in total. The molecule has 0 amide bonds. The summed E-state index contributed by atoms with van der Waals surface area (Å²) in [5.74, 6) is 2.76. The normalized spacial score (nSPS) is 25.0. The Bertz CT molecular complexity index is 654. The molecule has 1 N–H and O–H groups in total. The molecule has 2 aromatic heterocycles.